The van der Waals surface area contributed by atoms with Crippen molar-refractivity contribution in [2.75, 3.05) is 25.9 Å². The molecule has 3 N–H and O–H groups in total. The summed E-state index contributed by atoms with van der Waals surface area (Å²) in [5.41, 5.74) is 1.08. The number of hydrogen-bond acceptors (Lipinski definition) is 3. The minimum Gasteiger partial charge on any atom is -0.355 e. The molecule has 0 aliphatic heterocycles. The Labute approximate surface area is 134 Å². The fourth-order valence-corrected chi connectivity index (χ4v) is 2.57. The second-order valence-electron chi connectivity index (χ2n) is 4.40. The first-order chi connectivity index (χ1) is 10.0. The zero-order chi connectivity index (χ0) is 15.7. The highest BCUT2D eigenvalue weighted by Gasteiger charge is 2.11. The zero-order valence-corrected chi connectivity index (χ0v) is 13.7. The van der Waals surface area contributed by atoms with E-state index in [2.05, 4.69) is 16.0 Å². The fraction of sp³-hybridized carbons (Fsp3) is 0.429. The minimum atomic E-state index is -0.249. The number of halogens is 1. The van der Waals surface area contributed by atoms with E-state index in [0.717, 1.165) is 5.56 Å². The molecule has 0 radical (unpaired) electrons. The minimum absolute atomic E-state index is 0.111. The Hall–Kier alpha value is -1.40. The molecule has 0 saturated heterocycles. The van der Waals surface area contributed by atoms with Gasteiger partial charge in [-0.3, -0.25) is 4.79 Å². The molecule has 0 fully saturated rings. The summed E-state index contributed by atoms with van der Waals surface area (Å²) in [6.45, 7) is 2.76. The number of carbonyl (C=O) groups excluding carboxylic acids is 2. The Morgan fingerprint density at radius 1 is 1.24 bits per heavy atom. The summed E-state index contributed by atoms with van der Waals surface area (Å²) in [7, 11) is 0. The Morgan fingerprint density at radius 3 is 2.57 bits per heavy atom. The molecule has 3 amide bonds. The van der Waals surface area contributed by atoms with Crippen molar-refractivity contribution >= 4 is 35.3 Å². The standard InChI is InChI=1S/C14H20ClN3O2S/c1-10(19)16-6-7-17-14(20)18-9-13(21-2)11-4-3-5-12(15)8-11/h3-5,8,13H,6-7,9H2,1-2H3,(H,16,19)(H2,17,18,20). The van der Waals surface area contributed by atoms with Gasteiger partial charge in [0, 0.05) is 36.8 Å². The molecule has 0 spiro atoms. The quantitative estimate of drug-likeness (QED) is 0.671. The van der Waals surface area contributed by atoms with Crippen LogP contribution in [0.5, 0.6) is 0 Å². The molecular formula is C14H20ClN3O2S. The fourth-order valence-electron chi connectivity index (χ4n) is 1.71. The summed E-state index contributed by atoms with van der Waals surface area (Å²) in [6, 6.07) is 7.36. The van der Waals surface area contributed by atoms with Gasteiger partial charge in [-0.15, -0.1) is 0 Å². The number of urea groups is 1. The predicted molar refractivity (Wildman–Crippen MR) is 87.8 cm³/mol. The van der Waals surface area contributed by atoms with Gasteiger partial charge in [0.2, 0.25) is 5.91 Å². The lowest BCUT2D eigenvalue weighted by Crippen LogP contribution is -2.41. The van der Waals surface area contributed by atoms with Crippen molar-refractivity contribution in [2.24, 2.45) is 0 Å². The number of thioether (sulfide) groups is 1. The summed E-state index contributed by atoms with van der Waals surface area (Å²) in [5, 5.41) is 8.93. The van der Waals surface area contributed by atoms with Gasteiger partial charge in [-0.25, -0.2) is 4.79 Å². The van der Waals surface area contributed by atoms with Crippen LogP contribution in [0.3, 0.4) is 0 Å². The van der Waals surface area contributed by atoms with Crippen LogP contribution in [-0.4, -0.2) is 37.8 Å². The van der Waals surface area contributed by atoms with Crippen LogP contribution in [0.2, 0.25) is 5.02 Å². The highest BCUT2D eigenvalue weighted by Crippen LogP contribution is 2.27. The van der Waals surface area contributed by atoms with E-state index < -0.39 is 0 Å². The van der Waals surface area contributed by atoms with Crippen LogP contribution >= 0.6 is 23.4 Å². The lowest BCUT2D eigenvalue weighted by Gasteiger charge is -2.16. The Balaban J connectivity index is 2.34. The van der Waals surface area contributed by atoms with Crippen molar-refractivity contribution in [1.82, 2.24) is 16.0 Å². The number of nitrogens with one attached hydrogen (secondary N) is 3. The summed E-state index contributed by atoms with van der Waals surface area (Å²) in [4.78, 5) is 22.3. The molecule has 1 aromatic carbocycles. The Morgan fingerprint density at radius 2 is 1.95 bits per heavy atom. The molecule has 0 heterocycles. The first kappa shape index (κ1) is 17.7. The summed E-state index contributed by atoms with van der Waals surface area (Å²) < 4.78 is 0. The van der Waals surface area contributed by atoms with Crippen molar-refractivity contribution in [2.45, 2.75) is 12.2 Å². The van der Waals surface area contributed by atoms with Crippen molar-refractivity contribution in [3.8, 4) is 0 Å². The molecular weight excluding hydrogens is 310 g/mol. The Bertz CT molecular complexity index is 485. The van der Waals surface area contributed by atoms with Crippen molar-refractivity contribution in [3.05, 3.63) is 34.9 Å². The van der Waals surface area contributed by atoms with E-state index in [1.165, 1.54) is 6.92 Å². The molecule has 0 bridgehead atoms. The van der Waals surface area contributed by atoms with Gasteiger partial charge in [0.15, 0.2) is 0 Å². The Kier molecular flexibility index (Phi) is 8.00. The van der Waals surface area contributed by atoms with Gasteiger partial charge < -0.3 is 16.0 Å². The maximum Gasteiger partial charge on any atom is 0.314 e. The van der Waals surface area contributed by atoms with Crippen LogP contribution in [0.4, 0.5) is 4.79 Å². The van der Waals surface area contributed by atoms with Crippen LogP contribution < -0.4 is 16.0 Å². The van der Waals surface area contributed by atoms with E-state index in [9.17, 15) is 9.59 Å². The summed E-state index contributed by atoms with van der Waals surface area (Å²) in [5.74, 6) is -0.111. The van der Waals surface area contributed by atoms with E-state index in [0.29, 0.717) is 24.7 Å². The molecule has 1 aromatic rings. The smallest absolute Gasteiger partial charge is 0.314 e. The second kappa shape index (κ2) is 9.52. The molecule has 0 aliphatic carbocycles. The predicted octanol–water partition coefficient (Wildman–Crippen LogP) is 2.18. The van der Waals surface area contributed by atoms with Crippen molar-refractivity contribution in [3.63, 3.8) is 0 Å². The van der Waals surface area contributed by atoms with Crippen molar-refractivity contribution < 1.29 is 9.59 Å². The number of hydrogen-bond donors (Lipinski definition) is 3. The average Bonchev–Trinajstić information content (AvgIpc) is 2.44. The molecule has 21 heavy (non-hydrogen) atoms. The van der Waals surface area contributed by atoms with Crippen LogP contribution in [0.15, 0.2) is 24.3 Å². The zero-order valence-electron chi connectivity index (χ0n) is 12.1. The van der Waals surface area contributed by atoms with E-state index >= 15 is 0 Å². The first-order valence-electron chi connectivity index (χ1n) is 6.57. The first-order valence-corrected chi connectivity index (χ1v) is 8.24. The number of rotatable bonds is 7. The third-order valence-corrected chi connectivity index (χ3v) is 3.98. The lowest BCUT2D eigenvalue weighted by molar-refractivity contribution is -0.118. The monoisotopic (exact) mass is 329 g/mol. The van der Waals surface area contributed by atoms with Gasteiger partial charge in [0.25, 0.3) is 0 Å². The molecule has 5 nitrogen and oxygen atoms in total. The van der Waals surface area contributed by atoms with E-state index in [1.54, 1.807) is 11.8 Å². The van der Waals surface area contributed by atoms with Crippen molar-refractivity contribution in [1.29, 1.82) is 0 Å². The van der Waals surface area contributed by atoms with Gasteiger partial charge in [-0.2, -0.15) is 11.8 Å². The molecule has 7 heteroatoms. The molecule has 1 unspecified atom stereocenters. The highest BCUT2D eigenvalue weighted by molar-refractivity contribution is 7.98. The van der Waals surface area contributed by atoms with Crippen LogP contribution in [0.1, 0.15) is 17.7 Å². The van der Waals surface area contributed by atoms with Crippen LogP contribution in [-0.2, 0) is 4.79 Å². The maximum atomic E-state index is 11.6. The van der Waals surface area contributed by atoms with E-state index in [1.807, 2.05) is 30.5 Å². The number of benzene rings is 1. The normalized spacial score (nSPS) is 11.6. The van der Waals surface area contributed by atoms with Gasteiger partial charge in [-0.05, 0) is 24.0 Å². The van der Waals surface area contributed by atoms with E-state index in [-0.39, 0.29) is 17.2 Å². The van der Waals surface area contributed by atoms with Gasteiger partial charge in [0.1, 0.15) is 0 Å². The second-order valence-corrected chi connectivity index (χ2v) is 5.88. The van der Waals surface area contributed by atoms with Crippen LogP contribution in [0, 0.1) is 0 Å². The molecule has 0 aromatic heterocycles. The third kappa shape index (κ3) is 7.24. The maximum absolute atomic E-state index is 11.6. The molecule has 116 valence electrons. The lowest BCUT2D eigenvalue weighted by atomic mass is 10.1. The number of carbonyl (C=O) groups is 2. The van der Waals surface area contributed by atoms with Crippen LogP contribution in [0.25, 0.3) is 0 Å². The largest absolute Gasteiger partial charge is 0.355 e. The molecule has 0 saturated carbocycles. The SMILES string of the molecule is CSC(CNC(=O)NCCNC(C)=O)c1cccc(Cl)c1. The summed E-state index contributed by atoms with van der Waals surface area (Å²) in [6.07, 6.45) is 1.99. The molecule has 1 atom stereocenters. The molecule has 1 rings (SSSR count). The highest BCUT2D eigenvalue weighted by atomic mass is 35.5. The van der Waals surface area contributed by atoms with Gasteiger partial charge in [-0.1, -0.05) is 23.7 Å². The molecule has 0 aliphatic rings. The third-order valence-electron chi connectivity index (χ3n) is 2.74. The van der Waals surface area contributed by atoms with E-state index in [4.69, 9.17) is 11.6 Å². The van der Waals surface area contributed by atoms with Gasteiger partial charge in [0.05, 0.1) is 0 Å². The number of amides is 3. The summed E-state index contributed by atoms with van der Waals surface area (Å²) >= 11 is 7.62. The van der Waals surface area contributed by atoms with Gasteiger partial charge >= 0.3 is 6.03 Å². The topological polar surface area (TPSA) is 70.2 Å². The average molecular weight is 330 g/mol.